The Labute approximate surface area is 159 Å². The van der Waals surface area contributed by atoms with Crippen LogP contribution in [-0.2, 0) is 4.79 Å². The van der Waals surface area contributed by atoms with E-state index >= 15 is 0 Å². The van der Waals surface area contributed by atoms with Crippen molar-refractivity contribution in [3.05, 3.63) is 48.5 Å². The molecule has 4 rings (SSSR count). The monoisotopic (exact) mass is 367 g/mol. The molecule has 2 aliphatic rings. The van der Waals surface area contributed by atoms with Gasteiger partial charge in [0.25, 0.3) is 0 Å². The van der Waals surface area contributed by atoms with E-state index in [4.69, 9.17) is 0 Å². The van der Waals surface area contributed by atoms with E-state index in [9.17, 15) is 4.79 Å². The molecule has 0 radical (unpaired) electrons. The van der Waals surface area contributed by atoms with E-state index < -0.39 is 0 Å². The first-order chi connectivity index (χ1) is 12.7. The highest BCUT2D eigenvalue weighted by molar-refractivity contribution is 7.99. The highest BCUT2D eigenvalue weighted by Gasteiger charge is 2.24. The number of fused-ring (bicyclic) bond motifs is 2. The summed E-state index contributed by atoms with van der Waals surface area (Å²) < 4.78 is 0. The van der Waals surface area contributed by atoms with E-state index in [1.807, 2.05) is 0 Å². The van der Waals surface area contributed by atoms with Crippen molar-refractivity contribution in [1.82, 2.24) is 10.6 Å². The van der Waals surface area contributed by atoms with Crippen LogP contribution >= 0.6 is 11.8 Å². The second-order valence-electron chi connectivity index (χ2n) is 7.08. The van der Waals surface area contributed by atoms with Crippen LogP contribution in [0.3, 0.4) is 0 Å². The molecule has 0 spiro atoms. The van der Waals surface area contributed by atoms with Crippen molar-refractivity contribution >= 4 is 29.0 Å². The van der Waals surface area contributed by atoms with Crippen molar-refractivity contribution in [3.63, 3.8) is 0 Å². The minimum Gasteiger partial charge on any atom is -0.353 e. The van der Waals surface area contributed by atoms with E-state index in [1.54, 1.807) is 11.8 Å². The van der Waals surface area contributed by atoms with Crippen molar-refractivity contribution in [2.75, 3.05) is 18.0 Å². The summed E-state index contributed by atoms with van der Waals surface area (Å²) in [6.07, 6.45) is 2.53. The van der Waals surface area contributed by atoms with Gasteiger partial charge in [0.1, 0.15) is 0 Å². The number of piperidine rings is 1. The van der Waals surface area contributed by atoms with Gasteiger partial charge in [0.15, 0.2) is 0 Å². The van der Waals surface area contributed by atoms with Gasteiger partial charge in [-0.1, -0.05) is 36.0 Å². The summed E-state index contributed by atoms with van der Waals surface area (Å²) in [7, 11) is 0. The maximum Gasteiger partial charge on any atom is 0.222 e. The number of amides is 1. The summed E-state index contributed by atoms with van der Waals surface area (Å²) in [5, 5.41) is 6.65. The first-order valence-electron chi connectivity index (χ1n) is 9.37. The molecule has 2 N–H and O–H groups in total. The van der Waals surface area contributed by atoms with Gasteiger partial charge >= 0.3 is 0 Å². The molecule has 26 heavy (non-hydrogen) atoms. The summed E-state index contributed by atoms with van der Waals surface area (Å²) in [6.45, 7) is 3.86. The van der Waals surface area contributed by atoms with E-state index in [0.717, 1.165) is 19.4 Å². The molecule has 0 aliphatic carbocycles. The van der Waals surface area contributed by atoms with Crippen LogP contribution in [0.5, 0.6) is 0 Å². The van der Waals surface area contributed by atoms with Crippen LogP contribution in [0, 0.1) is 0 Å². The SMILES string of the molecule is CC1CC(NC(=O)CCN2c3ccccc3Sc3ccccc32)CCN1. The summed E-state index contributed by atoms with van der Waals surface area (Å²) in [6, 6.07) is 17.6. The van der Waals surface area contributed by atoms with Crippen molar-refractivity contribution in [3.8, 4) is 0 Å². The lowest BCUT2D eigenvalue weighted by Crippen LogP contribution is -2.47. The number of anilines is 2. The zero-order valence-corrected chi connectivity index (χ0v) is 15.9. The van der Waals surface area contributed by atoms with Gasteiger partial charge in [0, 0.05) is 34.8 Å². The minimum atomic E-state index is 0.150. The summed E-state index contributed by atoms with van der Waals surface area (Å²) >= 11 is 1.80. The predicted molar refractivity (Wildman–Crippen MR) is 107 cm³/mol. The molecule has 1 fully saturated rings. The normalized spacial score (nSPS) is 21.7. The quantitative estimate of drug-likeness (QED) is 0.859. The molecule has 136 valence electrons. The number of nitrogens with zero attached hydrogens (tertiary/aromatic N) is 1. The van der Waals surface area contributed by atoms with Gasteiger partial charge in [-0.3, -0.25) is 4.79 Å². The standard InChI is InChI=1S/C21H25N3OS/c1-15-14-16(10-12-22-15)23-21(25)11-13-24-17-6-2-4-8-19(17)26-20-9-5-3-7-18(20)24/h2-9,15-16,22H,10-14H2,1H3,(H,23,25). The third kappa shape index (κ3) is 3.74. The Morgan fingerprint density at radius 1 is 1.15 bits per heavy atom. The van der Waals surface area contributed by atoms with Crippen LogP contribution in [0.1, 0.15) is 26.2 Å². The van der Waals surface area contributed by atoms with E-state index in [-0.39, 0.29) is 5.91 Å². The van der Waals surface area contributed by atoms with Gasteiger partial charge in [-0.2, -0.15) is 0 Å². The van der Waals surface area contributed by atoms with E-state index in [0.29, 0.717) is 25.0 Å². The molecule has 0 bridgehead atoms. The van der Waals surface area contributed by atoms with Crippen LogP contribution in [0.2, 0.25) is 0 Å². The maximum atomic E-state index is 12.5. The van der Waals surface area contributed by atoms with Gasteiger partial charge < -0.3 is 15.5 Å². The topological polar surface area (TPSA) is 44.4 Å². The Bertz CT molecular complexity index is 749. The number of benzene rings is 2. The Hall–Kier alpha value is -1.98. The molecular formula is C21H25N3OS. The molecule has 2 atom stereocenters. The lowest BCUT2D eigenvalue weighted by atomic mass is 10.0. The van der Waals surface area contributed by atoms with Crippen molar-refractivity contribution in [2.24, 2.45) is 0 Å². The Balaban J connectivity index is 1.45. The molecular weight excluding hydrogens is 342 g/mol. The third-order valence-electron chi connectivity index (χ3n) is 5.08. The second kappa shape index (κ2) is 7.72. The van der Waals surface area contributed by atoms with E-state index in [1.165, 1.54) is 21.2 Å². The zero-order chi connectivity index (χ0) is 17.9. The molecule has 2 unspecified atom stereocenters. The first-order valence-corrected chi connectivity index (χ1v) is 10.2. The molecule has 0 aromatic heterocycles. The predicted octanol–water partition coefficient (Wildman–Crippen LogP) is 3.94. The van der Waals surface area contributed by atoms with Gasteiger partial charge in [-0.05, 0) is 50.6 Å². The van der Waals surface area contributed by atoms with Crippen molar-refractivity contribution in [2.45, 2.75) is 48.1 Å². The fourth-order valence-corrected chi connectivity index (χ4v) is 4.89. The average Bonchev–Trinajstić information content (AvgIpc) is 2.65. The lowest BCUT2D eigenvalue weighted by molar-refractivity contribution is -0.121. The highest BCUT2D eigenvalue weighted by atomic mass is 32.2. The summed E-state index contributed by atoms with van der Waals surface area (Å²) in [4.78, 5) is 17.3. The molecule has 2 heterocycles. The highest BCUT2D eigenvalue weighted by Crippen LogP contribution is 2.47. The number of nitrogens with one attached hydrogen (secondary N) is 2. The molecule has 4 nitrogen and oxygen atoms in total. The maximum absolute atomic E-state index is 12.5. The molecule has 2 aromatic carbocycles. The Morgan fingerprint density at radius 2 is 1.81 bits per heavy atom. The van der Waals surface area contributed by atoms with Crippen LogP contribution in [0.4, 0.5) is 11.4 Å². The molecule has 2 aliphatic heterocycles. The molecule has 1 amide bonds. The van der Waals surface area contributed by atoms with Gasteiger partial charge in [-0.25, -0.2) is 0 Å². The van der Waals surface area contributed by atoms with Crippen LogP contribution in [0.15, 0.2) is 58.3 Å². The van der Waals surface area contributed by atoms with Crippen LogP contribution < -0.4 is 15.5 Å². The molecule has 0 saturated carbocycles. The average molecular weight is 368 g/mol. The first kappa shape index (κ1) is 17.4. The number of hydrogen-bond acceptors (Lipinski definition) is 4. The number of rotatable bonds is 4. The fourth-order valence-electron chi connectivity index (χ4n) is 3.80. The van der Waals surface area contributed by atoms with E-state index in [2.05, 4.69) is 71.0 Å². The van der Waals surface area contributed by atoms with Gasteiger partial charge in [0.2, 0.25) is 5.91 Å². The fraction of sp³-hybridized carbons (Fsp3) is 0.381. The number of hydrogen-bond donors (Lipinski definition) is 2. The smallest absolute Gasteiger partial charge is 0.222 e. The summed E-state index contributed by atoms with van der Waals surface area (Å²) in [5.41, 5.74) is 2.39. The van der Waals surface area contributed by atoms with Gasteiger partial charge in [0.05, 0.1) is 11.4 Å². The van der Waals surface area contributed by atoms with Crippen LogP contribution in [-0.4, -0.2) is 31.1 Å². The Kier molecular flexibility index (Phi) is 5.18. The largest absolute Gasteiger partial charge is 0.353 e. The summed E-state index contributed by atoms with van der Waals surface area (Å²) in [5.74, 6) is 0.150. The number of carbonyl (C=O) groups is 1. The molecule has 2 aromatic rings. The number of para-hydroxylation sites is 2. The molecule has 5 heteroatoms. The molecule has 1 saturated heterocycles. The van der Waals surface area contributed by atoms with Crippen molar-refractivity contribution < 1.29 is 4.79 Å². The van der Waals surface area contributed by atoms with Crippen molar-refractivity contribution in [1.29, 1.82) is 0 Å². The second-order valence-corrected chi connectivity index (χ2v) is 8.17. The zero-order valence-electron chi connectivity index (χ0n) is 15.1. The Morgan fingerprint density at radius 3 is 2.46 bits per heavy atom. The third-order valence-corrected chi connectivity index (χ3v) is 6.21. The van der Waals surface area contributed by atoms with Gasteiger partial charge in [-0.15, -0.1) is 0 Å². The minimum absolute atomic E-state index is 0.150. The van der Waals surface area contributed by atoms with Crippen LogP contribution in [0.25, 0.3) is 0 Å². The lowest BCUT2D eigenvalue weighted by Gasteiger charge is -2.33. The number of carbonyl (C=O) groups excluding carboxylic acids is 1.